The van der Waals surface area contributed by atoms with Gasteiger partial charge in [0.15, 0.2) is 17.4 Å². The molecule has 7 rings (SSSR count). The molecule has 2 fully saturated rings. The van der Waals surface area contributed by atoms with Crippen molar-refractivity contribution < 1.29 is 28.5 Å². The predicted molar refractivity (Wildman–Crippen MR) is 173 cm³/mol. The molecule has 0 radical (unpaired) electrons. The summed E-state index contributed by atoms with van der Waals surface area (Å²) in [4.78, 5) is 26.6. The Kier molecular flexibility index (Phi) is 8.94. The van der Waals surface area contributed by atoms with Crippen LogP contribution in [0.15, 0.2) is 97.3 Å². The Hall–Kier alpha value is -4.68. The smallest absolute Gasteiger partial charge is 0.247 e. The second kappa shape index (κ2) is 13.6. The van der Waals surface area contributed by atoms with Gasteiger partial charge >= 0.3 is 0 Å². The van der Waals surface area contributed by atoms with Gasteiger partial charge in [0, 0.05) is 5.92 Å². The molecule has 4 heterocycles. The van der Waals surface area contributed by atoms with Crippen LogP contribution < -0.4 is 10.1 Å². The van der Waals surface area contributed by atoms with Gasteiger partial charge in [0.05, 0.1) is 32.8 Å². The highest BCUT2D eigenvalue weighted by molar-refractivity contribution is 5.91. The van der Waals surface area contributed by atoms with Crippen molar-refractivity contribution in [3.63, 3.8) is 0 Å². The molecule has 1 amide bonds. The van der Waals surface area contributed by atoms with Crippen LogP contribution in [0.3, 0.4) is 0 Å². The average Bonchev–Trinajstić information content (AvgIpc) is 3.77. The molecule has 2 aromatic heterocycles. The average molecular weight is 636 g/mol. The molecule has 242 valence electrons. The van der Waals surface area contributed by atoms with Gasteiger partial charge in [0.25, 0.3) is 0 Å². The second-order valence-corrected chi connectivity index (χ2v) is 12.1. The van der Waals surface area contributed by atoms with Crippen molar-refractivity contribution in [1.29, 1.82) is 0 Å². The quantitative estimate of drug-likeness (QED) is 0.180. The normalized spacial score (nSPS) is 21.8. The van der Waals surface area contributed by atoms with Gasteiger partial charge in [-0.3, -0.25) is 14.7 Å². The second-order valence-electron chi connectivity index (χ2n) is 12.1. The van der Waals surface area contributed by atoms with Gasteiger partial charge in [0.1, 0.15) is 24.4 Å². The Morgan fingerprint density at radius 2 is 1.55 bits per heavy atom. The van der Waals surface area contributed by atoms with Crippen molar-refractivity contribution >= 4 is 23.0 Å². The number of anilines is 1. The lowest BCUT2D eigenvalue weighted by Crippen LogP contribution is -2.46. The summed E-state index contributed by atoms with van der Waals surface area (Å²) in [6.07, 6.45) is 0.0930. The summed E-state index contributed by atoms with van der Waals surface area (Å²) in [7, 11) is 0. The summed E-state index contributed by atoms with van der Waals surface area (Å²) >= 11 is 0. The summed E-state index contributed by atoms with van der Waals surface area (Å²) in [5.74, 6) is -0.123. The number of hydrogen-bond acceptors (Lipinski definition) is 9. The molecule has 0 aliphatic carbocycles. The first-order chi connectivity index (χ1) is 23.0. The monoisotopic (exact) mass is 635 g/mol. The topological polar surface area (TPSA) is 119 Å². The number of ether oxygens (including phenoxy) is 5. The summed E-state index contributed by atoms with van der Waals surface area (Å²) in [6, 6.07) is 29.8. The van der Waals surface area contributed by atoms with E-state index in [1.807, 2.05) is 91.0 Å². The highest BCUT2D eigenvalue weighted by Gasteiger charge is 2.63. The number of fused-ring (bicyclic) bond motifs is 3. The van der Waals surface area contributed by atoms with E-state index in [0.717, 1.165) is 16.7 Å². The molecule has 1 N–H and O–H groups in total. The minimum atomic E-state index is -0.871. The summed E-state index contributed by atoms with van der Waals surface area (Å²) < 4.78 is 34.0. The summed E-state index contributed by atoms with van der Waals surface area (Å²) in [5.41, 5.74) is 3.07. The van der Waals surface area contributed by atoms with Gasteiger partial charge < -0.3 is 23.7 Å². The van der Waals surface area contributed by atoms with E-state index in [0.29, 0.717) is 31.0 Å². The van der Waals surface area contributed by atoms with Crippen LogP contribution in [0, 0.1) is 5.92 Å². The van der Waals surface area contributed by atoms with Crippen LogP contribution in [0.2, 0.25) is 0 Å². The van der Waals surface area contributed by atoms with Crippen molar-refractivity contribution in [2.24, 2.45) is 5.92 Å². The molecule has 0 saturated carbocycles. The highest BCUT2D eigenvalue weighted by atomic mass is 16.7. The molecule has 11 nitrogen and oxygen atoms in total. The van der Waals surface area contributed by atoms with Gasteiger partial charge in [-0.1, -0.05) is 105 Å². The number of rotatable bonds is 13. The summed E-state index contributed by atoms with van der Waals surface area (Å²) in [5, 5.41) is 2.81. The summed E-state index contributed by atoms with van der Waals surface area (Å²) in [6.45, 7) is 5.26. The van der Waals surface area contributed by atoms with Gasteiger partial charge in [-0.15, -0.1) is 0 Å². The maximum absolute atomic E-state index is 12.7. The third-order valence-corrected chi connectivity index (χ3v) is 8.35. The van der Waals surface area contributed by atoms with Gasteiger partial charge in [-0.05, 0) is 16.7 Å². The molecule has 0 spiro atoms. The lowest BCUT2D eigenvalue weighted by Gasteiger charge is -2.31. The number of carbonyl (C=O) groups is 1. The number of nitrogens with one attached hydrogen (secondary N) is 1. The third-order valence-electron chi connectivity index (χ3n) is 8.35. The molecule has 2 saturated heterocycles. The molecular weight excluding hydrogens is 598 g/mol. The maximum atomic E-state index is 12.7. The van der Waals surface area contributed by atoms with E-state index < -0.39 is 24.0 Å². The van der Waals surface area contributed by atoms with Crippen molar-refractivity contribution in [3.05, 3.63) is 114 Å². The fraction of sp³-hybridized carbons (Fsp3) is 0.333. The van der Waals surface area contributed by atoms with Crippen LogP contribution >= 0.6 is 0 Å². The van der Waals surface area contributed by atoms with Crippen LogP contribution in [0.4, 0.5) is 5.95 Å². The van der Waals surface area contributed by atoms with Crippen LogP contribution in [0.25, 0.3) is 11.2 Å². The zero-order valence-electron chi connectivity index (χ0n) is 26.3. The van der Waals surface area contributed by atoms with Crippen molar-refractivity contribution in [2.75, 3.05) is 18.5 Å². The number of nitrogens with zero attached hydrogens (tertiary/aromatic N) is 4. The first-order valence-electron chi connectivity index (χ1n) is 15.8. The fourth-order valence-corrected chi connectivity index (χ4v) is 5.86. The number of hydrogen-bond donors (Lipinski definition) is 1. The van der Waals surface area contributed by atoms with E-state index in [1.54, 1.807) is 24.7 Å². The molecule has 4 atom stereocenters. The Balaban J connectivity index is 1.20. The highest BCUT2D eigenvalue weighted by Crippen LogP contribution is 2.48. The predicted octanol–water partition coefficient (Wildman–Crippen LogP) is 5.47. The minimum absolute atomic E-state index is 0.114. The van der Waals surface area contributed by atoms with Gasteiger partial charge in [-0.2, -0.15) is 9.97 Å². The first kappa shape index (κ1) is 30.9. The largest absolute Gasteiger partial charge is 0.471 e. The van der Waals surface area contributed by atoms with Crippen molar-refractivity contribution in [2.45, 2.75) is 57.7 Å². The van der Waals surface area contributed by atoms with E-state index in [1.165, 1.54) is 0 Å². The van der Waals surface area contributed by atoms with Crippen LogP contribution in [-0.2, 0) is 43.6 Å². The molecule has 2 aliphatic rings. The standard InChI is InChI=1S/C36H37N5O6/c1-24(2)32(42)39-35-38-31-28(33(40-35)45-20-27-16-10-5-11-17-27)37-23-41(31)34-29-30(44-19-26-14-8-4-9-15-26)36(47-34,22-46-29)21-43-18-25-12-6-3-7-13-25/h3-17,23-24,29-30,34H,18-22H2,1-2H3,(H,38,39,40,42)/t29?,30?,34-,36+/m1/s1. The molecule has 5 aromatic rings. The SMILES string of the molecule is CC(C)C(=O)Nc1nc(OCc2ccccc2)c2ncn([C@@H]3O[C@@]4(COCc5ccccc5)COC3C4OCc3ccccc3)c2n1. The van der Waals surface area contributed by atoms with E-state index in [2.05, 4.69) is 15.3 Å². The number of carbonyl (C=O) groups excluding carboxylic acids is 1. The lowest BCUT2D eigenvalue weighted by molar-refractivity contribution is -0.195. The van der Waals surface area contributed by atoms with Gasteiger partial charge in [0.2, 0.25) is 17.7 Å². The Bertz CT molecular complexity index is 1800. The third kappa shape index (κ3) is 6.61. The van der Waals surface area contributed by atoms with Crippen LogP contribution in [-0.4, -0.2) is 56.4 Å². The van der Waals surface area contributed by atoms with Gasteiger partial charge in [-0.25, -0.2) is 4.98 Å². The van der Waals surface area contributed by atoms with E-state index in [4.69, 9.17) is 28.7 Å². The zero-order chi connectivity index (χ0) is 32.2. The van der Waals surface area contributed by atoms with E-state index >= 15 is 0 Å². The fourth-order valence-electron chi connectivity index (χ4n) is 5.86. The number of imidazole rings is 1. The Labute approximate surface area is 272 Å². The maximum Gasteiger partial charge on any atom is 0.247 e. The lowest BCUT2D eigenvalue weighted by atomic mass is 10.00. The van der Waals surface area contributed by atoms with Crippen molar-refractivity contribution in [1.82, 2.24) is 19.5 Å². The molecule has 2 bridgehead atoms. The number of benzene rings is 3. The van der Waals surface area contributed by atoms with E-state index in [-0.39, 0.29) is 36.9 Å². The number of aromatic nitrogens is 4. The minimum Gasteiger partial charge on any atom is -0.471 e. The molecule has 3 aromatic carbocycles. The Morgan fingerprint density at radius 3 is 2.21 bits per heavy atom. The van der Waals surface area contributed by atoms with Crippen molar-refractivity contribution in [3.8, 4) is 5.88 Å². The van der Waals surface area contributed by atoms with Crippen LogP contribution in [0.1, 0.15) is 36.8 Å². The van der Waals surface area contributed by atoms with E-state index in [9.17, 15) is 4.79 Å². The van der Waals surface area contributed by atoms with Crippen LogP contribution in [0.5, 0.6) is 5.88 Å². The first-order valence-corrected chi connectivity index (χ1v) is 15.8. The molecule has 2 aliphatic heterocycles. The number of amides is 1. The zero-order valence-corrected chi connectivity index (χ0v) is 26.3. The molecule has 11 heteroatoms. The molecular formula is C36H37N5O6. The molecule has 47 heavy (non-hydrogen) atoms. The molecule has 2 unspecified atom stereocenters. The Morgan fingerprint density at radius 1 is 0.915 bits per heavy atom.